The normalized spacial score (nSPS) is 24.3. The third kappa shape index (κ3) is 3.97. The second-order valence-corrected chi connectivity index (χ2v) is 10.6. The highest BCUT2D eigenvalue weighted by Crippen LogP contribution is 2.44. The van der Waals surface area contributed by atoms with Crippen molar-refractivity contribution in [2.75, 3.05) is 5.32 Å². The maximum atomic E-state index is 12.6. The zero-order valence-corrected chi connectivity index (χ0v) is 17.1. The van der Waals surface area contributed by atoms with E-state index in [1.807, 2.05) is 0 Å². The summed E-state index contributed by atoms with van der Waals surface area (Å²) in [6.45, 7) is 0. The highest BCUT2D eigenvalue weighted by atomic mass is 35.5. The molecule has 3 atom stereocenters. The molecule has 27 heavy (non-hydrogen) atoms. The van der Waals surface area contributed by atoms with Crippen molar-refractivity contribution in [2.24, 2.45) is 11.8 Å². The molecule has 144 valence electrons. The minimum absolute atomic E-state index is 0.0384. The van der Waals surface area contributed by atoms with Crippen LogP contribution in [0.3, 0.4) is 0 Å². The standard InChI is InChI=1S/C16H16Cl2N4O3S2/c17-10-3-4-11(12(18)7-10)14(23)19-15-20-21-16(26-15)27(24,25)22-13-6-8-1-2-9(13)5-8/h3-4,7-9,13,22H,1-2,5-6H2,(H,19,20,23)/t8-,9+,13-/m0/s1. The number of rotatable bonds is 5. The molecule has 1 amide bonds. The molecule has 7 nitrogen and oxygen atoms in total. The van der Waals surface area contributed by atoms with E-state index in [2.05, 4.69) is 20.2 Å². The van der Waals surface area contributed by atoms with E-state index >= 15 is 0 Å². The predicted octanol–water partition coefficient (Wildman–Crippen LogP) is 3.56. The van der Waals surface area contributed by atoms with Crippen LogP contribution in [0.15, 0.2) is 22.5 Å². The predicted molar refractivity (Wildman–Crippen MR) is 104 cm³/mol. The van der Waals surface area contributed by atoms with Gasteiger partial charge in [-0.2, -0.15) is 0 Å². The number of nitrogens with one attached hydrogen (secondary N) is 2. The number of hydrogen-bond donors (Lipinski definition) is 2. The largest absolute Gasteiger partial charge is 0.296 e. The number of anilines is 1. The molecule has 4 rings (SSSR count). The third-order valence-corrected chi connectivity index (χ3v) is 8.32. The molecule has 2 aromatic rings. The molecule has 2 N–H and O–H groups in total. The summed E-state index contributed by atoms with van der Waals surface area (Å²) < 4.78 is 27.7. The number of amides is 1. The van der Waals surface area contributed by atoms with E-state index in [1.54, 1.807) is 0 Å². The zero-order chi connectivity index (χ0) is 19.2. The molecule has 0 spiro atoms. The lowest BCUT2D eigenvalue weighted by atomic mass is 9.96. The lowest BCUT2D eigenvalue weighted by molar-refractivity contribution is 0.102. The first-order chi connectivity index (χ1) is 12.8. The fourth-order valence-corrected chi connectivity index (χ4v) is 6.57. The Morgan fingerprint density at radius 3 is 2.67 bits per heavy atom. The second-order valence-electron chi connectivity index (χ2n) is 6.85. The van der Waals surface area contributed by atoms with Crippen molar-refractivity contribution in [3.8, 4) is 0 Å². The van der Waals surface area contributed by atoms with Crippen molar-refractivity contribution in [2.45, 2.75) is 36.1 Å². The van der Waals surface area contributed by atoms with Crippen molar-refractivity contribution in [3.05, 3.63) is 33.8 Å². The number of carbonyl (C=O) groups excluding carboxylic acids is 1. The van der Waals surface area contributed by atoms with Crippen molar-refractivity contribution in [1.82, 2.24) is 14.9 Å². The maximum Gasteiger partial charge on any atom is 0.270 e. The van der Waals surface area contributed by atoms with Gasteiger partial charge in [-0.15, -0.1) is 10.2 Å². The molecular formula is C16H16Cl2N4O3S2. The minimum Gasteiger partial charge on any atom is -0.296 e. The average molecular weight is 447 g/mol. The average Bonchev–Trinajstić information content (AvgIpc) is 3.31. The Labute approximate surface area is 170 Å². The molecule has 2 saturated carbocycles. The topological polar surface area (TPSA) is 101 Å². The minimum atomic E-state index is -3.76. The maximum absolute atomic E-state index is 12.6. The van der Waals surface area contributed by atoms with Gasteiger partial charge in [-0.25, -0.2) is 13.1 Å². The van der Waals surface area contributed by atoms with E-state index in [-0.39, 0.29) is 26.1 Å². The van der Waals surface area contributed by atoms with Crippen LogP contribution >= 0.6 is 34.5 Å². The van der Waals surface area contributed by atoms with Crippen LogP contribution in [0, 0.1) is 11.8 Å². The van der Waals surface area contributed by atoms with Crippen molar-refractivity contribution in [1.29, 1.82) is 0 Å². The summed E-state index contributed by atoms with van der Waals surface area (Å²) in [5, 5.41) is 10.7. The molecule has 0 aliphatic heterocycles. The van der Waals surface area contributed by atoms with Gasteiger partial charge in [0.15, 0.2) is 0 Å². The van der Waals surface area contributed by atoms with Gasteiger partial charge in [-0.3, -0.25) is 10.1 Å². The van der Waals surface area contributed by atoms with Crippen LogP contribution in [0.1, 0.15) is 36.0 Å². The third-order valence-electron chi connectivity index (χ3n) is 5.08. The number of halogens is 2. The van der Waals surface area contributed by atoms with Crippen LogP contribution in [0.25, 0.3) is 0 Å². The molecular weight excluding hydrogens is 431 g/mol. The number of aromatic nitrogens is 2. The van der Waals surface area contributed by atoms with Crippen molar-refractivity contribution < 1.29 is 13.2 Å². The first-order valence-corrected chi connectivity index (χ1v) is 11.5. The van der Waals surface area contributed by atoms with Gasteiger partial charge in [-0.05, 0) is 49.3 Å². The molecule has 2 bridgehead atoms. The van der Waals surface area contributed by atoms with E-state index in [9.17, 15) is 13.2 Å². The second kappa shape index (κ2) is 7.29. The summed E-state index contributed by atoms with van der Waals surface area (Å²) in [7, 11) is -3.76. The summed E-state index contributed by atoms with van der Waals surface area (Å²) in [6, 6.07) is 4.43. The Morgan fingerprint density at radius 2 is 2.00 bits per heavy atom. The van der Waals surface area contributed by atoms with E-state index in [4.69, 9.17) is 23.2 Å². The molecule has 2 fully saturated rings. The van der Waals surface area contributed by atoms with Crippen LogP contribution in [-0.2, 0) is 10.0 Å². The quantitative estimate of drug-likeness (QED) is 0.683. The Bertz CT molecular complexity index is 995. The van der Waals surface area contributed by atoms with E-state index in [1.165, 1.54) is 24.6 Å². The lowest BCUT2D eigenvalue weighted by Gasteiger charge is -2.21. The summed E-state index contributed by atoms with van der Waals surface area (Å²) in [6.07, 6.45) is 4.22. The van der Waals surface area contributed by atoms with Crippen LogP contribution in [0.4, 0.5) is 5.13 Å². The van der Waals surface area contributed by atoms with Crippen molar-refractivity contribution >= 4 is 55.6 Å². The SMILES string of the molecule is O=C(Nc1nnc(S(=O)(=O)N[C@H]2C[C@H]3CC[C@@H]2C3)s1)c1ccc(Cl)cc1Cl. The number of nitrogens with zero attached hydrogens (tertiary/aromatic N) is 2. The van der Waals surface area contributed by atoms with Crippen LogP contribution in [0.2, 0.25) is 10.0 Å². The number of fused-ring (bicyclic) bond motifs is 2. The smallest absolute Gasteiger partial charge is 0.270 e. The Hall–Kier alpha value is -1.26. The number of sulfonamides is 1. The molecule has 2 aliphatic carbocycles. The fourth-order valence-electron chi connectivity index (χ4n) is 3.85. The van der Waals surface area contributed by atoms with Gasteiger partial charge in [-0.1, -0.05) is 41.0 Å². The van der Waals surface area contributed by atoms with Gasteiger partial charge in [0.2, 0.25) is 9.47 Å². The van der Waals surface area contributed by atoms with Gasteiger partial charge < -0.3 is 0 Å². The zero-order valence-electron chi connectivity index (χ0n) is 14.0. The van der Waals surface area contributed by atoms with Gasteiger partial charge in [0.05, 0.1) is 10.6 Å². The van der Waals surface area contributed by atoms with Gasteiger partial charge >= 0.3 is 0 Å². The first kappa shape index (κ1) is 19.1. The highest BCUT2D eigenvalue weighted by Gasteiger charge is 2.41. The number of hydrogen-bond acceptors (Lipinski definition) is 6. The summed E-state index contributed by atoms with van der Waals surface area (Å²) in [5.74, 6) is 0.512. The fraction of sp³-hybridized carbons (Fsp3) is 0.438. The molecule has 1 aromatic heterocycles. The van der Waals surface area contributed by atoms with Crippen LogP contribution in [-0.4, -0.2) is 30.6 Å². The van der Waals surface area contributed by atoms with E-state index < -0.39 is 15.9 Å². The molecule has 0 unspecified atom stereocenters. The molecule has 0 radical (unpaired) electrons. The molecule has 1 aromatic carbocycles. The Balaban J connectivity index is 1.45. The van der Waals surface area contributed by atoms with Crippen molar-refractivity contribution in [3.63, 3.8) is 0 Å². The molecule has 1 heterocycles. The molecule has 11 heteroatoms. The van der Waals surface area contributed by atoms with Gasteiger partial charge in [0.1, 0.15) is 0 Å². The van der Waals surface area contributed by atoms with Gasteiger partial charge in [0, 0.05) is 11.1 Å². The summed E-state index contributed by atoms with van der Waals surface area (Å²) in [5.41, 5.74) is 0.209. The highest BCUT2D eigenvalue weighted by molar-refractivity contribution is 7.91. The Morgan fingerprint density at radius 1 is 1.19 bits per heavy atom. The monoisotopic (exact) mass is 446 g/mol. The number of carbonyl (C=O) groups is 1. The Kier molecular flexibility index (Phi) is 5.15. The first-order valence-electron chi connectivity index (χ1n) is 8.44. The number of benzene rings is 1. The van der Waals surface area contributed by atoms with Gasteiger partial charge in [0.25, 0.3) is 15.9 Å². The van der Waals surface area contributed by atoms with E-state index in [0.29, 0.717) is 16.9 Å². The van der Waals surface area contributed by atoms with E-state index in [0.717, 1.165) is 30.6 Å². The van der Waals surface area contributed by atoms with Crippen LogP contribution < -0.4 is 10.0 Å². The summed E-state index contributed by atoms with van der Waals surface area (Å²) >= 11 is 12.6. The summed E-state index contributed by atoms with van der Waals surface area (Å²) in [4.78, 5) is 12.3. The molecule has 0 saturated heterocycles. The lowest BCUT2D eigenvalue weighted by Crippen LogP contribution is -2.38. The molecule has 2 aliphatic rings. The van der Waals surface area contributed by atoms with Crippen LogP contribution in [0.5, 0.6) is 0 Å².